The molecule has 0 radical (unpaired) electrons. The molecule has 140 valence electrons. The SMILES string of the molecule is COc1cccc(-n2ccn3c(SCC(=O)c4ccccc4)nnc3c2=O)c1. The van der Waals surface area contributed by atoms with E-state index in [1.165, 1.54) is 16.3 Å². The number of carbonyl (C=O) groups excluding carboxylic acids is 1. The Hall–Kier alpha value is -3.39. The minimum Gasteiger partial charge on any atom is -0.497 e. The van der Waals surface area contributed by atoms with Gasteiger partial charge in [-0.1, -0.05) is 48.2 Å². The second kappa shape index (κ2) is 7.69. The van der Waals surface area contributed by atoms with Gasteiger partial charge in [-0.2, -0.15) is 0 Å². The van der Waals surface area contributed by atoms with Crippen LogP contribution in [0.15, 0.2) is 76.9 Å². The Morgan fingerprint density at radius 2 is 1.89 bits per heavy atom. The number of ketones is 1. The van der Waals surface area contributed by atoms with Gasteiger partial charge in [0.1, 0.15) is 5.75 Å². The normalized spacial score (nSPS) is 10.9. The molecule has 4 aromatic rings. The lowest BCUT2D eigenvalue weighted by molar-refractivity contribution is 0.102. The highest BCUT2D eigenvalue weighted by Gasteiger charge is 2.14. The molecule has 0 N–H and O–H groups in total. The van der Waals surface area contributed by atoms with Crippen LogP contribution in [-0.4, -0.2) is 37.8 Å². The van der Waals surface area contributed by atoms with Crippen LogP contribution in [-0.2, 0) is 0 Å². The summed E-state index contributed by atoms with van der Waals surface area (Å²) in [5.74, 6) is 0.859. The van der Waals surface area contributed by atoms with Crippen molar-refractivity contribution in [2.45, 2.75) is 5.16 Å². The smallest absolute Gasteiger partial charge is 0.300 e. The molecule has 2 aromatic carbocycles. The molecule has 0 aliphatic rings. The molecule has 0 unspecified atom stereocenters. The zero-order valence-electron chi connectivity index (χ0n) is 15.0. The first-order valence-electron chi connectivity index (χ1n) is 8.49. The Kier molecular flexibility index (Phi) is 4.94. The minimum absolute atomic E-state index is 0.00734. The molecule has 0 saturated heterocycles. The Morgan fingerprint density at radius 1 is 1.07 bits per heavy atom. The van der Waals surface area contributed by atoms with E-state index in [2.05, 4.69) is 10.2 Å². The van der Waals surface area contributed by atoms with Crippen LogP contribution >= 0.6 is 11.8 Å². The van der Waals surface area contributed by atoms with E-state index < -0.39 is 0 Å². The second-order valence-corrected chi connectivity index (χ2v) is 6.87. The van der Waals surface area contributed by atoms with Crippen LogP contribution in [0.3, 0.4) is 0 Å². The van der Waals surface area contributed by atoms with Crippen molar-refractivity contribution in [1.82, 2.24) is 19.2 Å². The van der Waals surface area contributed by atoms with Gasteiger partial charge in [0.15, 0.2) is 10.9 Å². The standard InChI is InChI=1S/C20H16N4O3S/c1-27-16-9-5-8-15(12-16)23-10-11-24-18(19(23)26)21-22-20(24)28-13-17(25)14-6-3-2-4-7-14/h2-12H,13H2,1H3. The molecule has 0 spiro atoms. The lowest BCUT2D eigenvalue weighted by Crippen LogP contribution is -2.20. The second-order valence-electron chi connectivity index (χ2n) is 5.93. The summed E-state index contributed by atoms with van der Waals surface area (Å²) in [6, 6.07) is 16.3. The molecule has 4 rings (SSSR count). The summed E-state index contributed by atoms with van der Waals surface area (Å²) in [6.45, 7) is 0. The van der Waals surface area contributed by atoms with E-state index in [-0.39, 0.29) is 22.7 Å². The molecule has 0 saturated carbocycles. The number of benzene rings is 2. The number of hydrogen-bond donors (Lipinski definition) is 0. The Bertz CT molecular complexity index is 1200. The van der Waals surface area contributed by atoms with Gasteiger partial charge in [-0.3, -0.25) is 18.6 Å². The molecule has 0 fully saturated rings. The van der Waals surface area contributed by atoms with Crippen LogP contribution in [0, 0.1) is 0 Å². The predicted octanol–water partition coefficient (Wildman–Crippen LogP) is 2.86. The molecule has 7 nitrogen and oxygen atoms in total. The molecule has 0 amide bonds. The summed E-state index contributed by atoms with van der Waals surface area (Å²) in [4.78, 5) is 25.1. The number of hydrogen-bond acceptors (Lipinski definition) is 6. The average molecular weight is 392 g/mol. The maximum absolute atomic E-state index is 12.8. The fourth-order valence-electron chi connectivity index (χ4n) is 2.77. The van der Waals surface area contributed by atoms with E-state index in [0.29, 0.717) is 22.2 Å². The number of aromatic nitrogens is 4. The van der Waals surface area contributed by atoms with Crippen LogP contribution in [0.4, 0.5) is 0 Å². The largest absolute Gasteiger partial charge is 0.497 e. The highest BCUT2D eigenvalue weighted by molar-refractivity contribution is 7.99. The average Bonchev–Trinajstić information content (AvgIpc) is 3.17. The van der Waals surface area contributed by atoms with Crippen molar-refractivity contribution in [3.05, 3.63) is 82.9 Å². The fourth-order valence-corrected chi connectivity index (χ4v) is 3.58. The number of thioether (sulfide) groups is 1. The topological polar surface area (TPSA) is 78.5 Å². The third kappa shape index (κ3) is 3.41. The minimum atomic E-state index is -0.301. The first-order chi connectivity index (χ1) is 13.7. The monoisotopic (exact) mass is 392 g/mol. The van der Waals surface area contributed by atoms with Crippen molar-refractivity contribution in [2.24, 2.45) is 0 Å². The molecule has 2 aromatic heterocycles. The number of nitrogens with zero attached hydrogens (tertiary/aromatic N) is 4. The van der Waals surface area contributed by atoms with Crippen LogP contribution in [0.5, 0.6) is 5.75 Å². The first-order valence-corrected chi connectivity index (χ1v) is 9.48. The summed E-state index contributed by atoms with van der Waals surface area (Å²) in [7, 11) is 1.57. The summed E-state index contributed by atoms with van der Waals surface area (Å²) in [6.07, 6.45) is 3.36. The molecule has 0 bridgehead atoms. The lowest BCUT2D eigenvalue weighted by atomic mass is 10.2. The van der Waals surface area contributed by atoms with Crippen molar-refractivity contribution < 1.29 is 9.53 Å². The molecule has 8 heteroatoms. The van der Waals surface area contributed by atoms with Gasteiger partial charge in [0.2, 0.25) is 5.65 Å². The molecule has 0 aliphatic heterocycles. The van der Waals surface area contributed by atoms with Crippen LogP contribution in [0.1, 0.15) is 10.4 Å². The highest BCUT2D eigenvalue weighted by Crippen LogP contribution is 2.19. The third-order valence-electron chi connectivity index (χ3n) is 4.20. The highest BCUT2D eigenvalue weighted by atomic mass is 32.2. The van der Waals surface area contributed by atoms with Gasteiger partial charge in [-0.05, 0) is 12.1 Å². The lowest BCUT2D eigenvalue weighted by Gasteiger charge is -2.08. The molecule has 2 heterocycles. The Morgan fingerprint density at radius 3 is 2.68 bits per heavy atom. The van der Waals surface area contributed by atoms with Crippen LogP contribution < -0.4 is 10.3 Å². The summed E-state index contributed by atoms with van der Waals surface area (Å²) in [5.41, 5.74) is 1.21. The Balaban J connectivity index is 1.61. The van der Waals surface area contributed by atoms with Crippen molar-refractivity contribution in [3.8, 4) is 11.4 Å². The predicted molar refractivity (Wildman–Crippen MR) is 107 cm³/mol. The quantitative estimate of drug-likeness (QED) is 0.371. The number of Topliss-reactive ketones (excluding diaryl/α,β-unsaturated/α-hetero) is 1. The van der Waals surface area contributed by atoms with E-state index in [1.54, 1.807) is 42.1 Å². The van der Waals surface area contributed by atoms with Gasteiger partial charge in [-0.25, -0.2) is 0 Å². The van der Waals surface area contributed by atoms with Crippen molar-refractivity contribution >= 4 is 23.2 Å². The van der Waals surface area contributed by atoms with Gasteiger partial charge in [0.25, 0.3) is 0 Å². The summed E-state index contributed by atoms with van der Waals surface area (Å²) >= 11 is 1.25. The van der Waals surface area contributed by atoms with Crippen molar-refractivity contribution in [1.29, 1.82) is 0 Å². The van der Waals surface area contributed by atoms with Gasteiger partial charge >= 0.3 is 5.56 Å². The first kappa shape index (κ1) is 18.0. The summed E-state index contributed by atoms with van der Waals surface area (Å²) in [5, 5.41) is 8.58. The van der Waals surface area contributed by atoms with Gasteiger partial charge in [0, 0.05) is 24.0 Å². The molecular formula is C20H16N4O3S. The zero-order valence-corrected chi connectivity index (χ0v) is 15.8. The number of ether oxygens (including phenoxy) is 1. The van der Waals surface area contributed by atoms with Crippen LogP contribution in [0.2, 0.25) is 0 Å². The number of fused-ring (bicyclic) bond motifs is 1. The summed E-state index contributed by atoms with van der Waals surface area (Å²) < 4.78 is 8.30. The van der Waals surface area contributed by atoms with E-state index in [0.717, 1.165) is 0 Å². The fraction of sp³-hybridized carbons (Fsp3) is 0.100. The Labute approximate surface area is 164 Å². The van der Waals surface area contributed by atoms with Gasteiger partial charge in [0.05, 0.1) is 18.6 Å². The molecule has 0 atom stereocenters. The molecule has 28 heavy (non-hydrogen) atoms. The van der Waals surface area contributed by atoms with Crippen LogP contribution in [0.25, 0.3) is 11.3 Å². The van der Waals surface area contributed by atoms with Crippen molar-refractivity contribution in [3.63, 3.8) is 0 Å². The van der Waals surface area contributed by atoms with E-state index in [4.69, 9.17) is 4.74 Å². The molecule has 0 aliphatic carbocycles. The number of rotatable bonds is 6. The number of methoxy groups -OCH3 is 1. The van der Waals surface area contributed by atoms with Crippen molar-refractivity contribution in [2.75, 3.05) is 12.9 Å². The number of carbonyl (C=O) groups is 1. The van der Waals surface area contributed by atoms with E-state index in [9.17, 15) is 9.59 Å². The van der Waals surface area contributed by atoms with E-state index in [1.807, 2.05) is 36.4 Å². The maximum Gasteiger partial charge on any atom is 0.300 e. The van der Waals surface area contributed by atoms with Gasteiger partial charge < -0.3 is 4.74 Å². The van der Waals surface area contributed by atoms with Gasteiger partial charge in [-0.15, -0.1) is 10.2 Å². The maximum atomic E-state index is 12.8. The molecular weight excluding hydrogens is 376 g/mol. The van der Waals surface area contributed by atoms with E-state index >= 15 is 0 Å². The zero-order chi connectivity index (χ0) is 19.5. The third-order valence-corrected chi connectivity index (χ3v) is 5.14.